The van der Waals surface area contributed by atoms with E-state index in [0.29, 0.717) is 31.1 Å². The maximum atomic E-state index is 12.2. The van der Waals surface area contributed by atoms with Crippen molar-refractivity contribution < 1.29 is 4.79 Å². The molecule has 0 bridgehead atoms. The second-order valence-corrected chi connectivity index (χ2v) is 4.60. The minimum Gasteiger partial charge on any atom is -0.398 e. The van der Waals surface area contributed by atoms with E-state index in [9.17, 15) is 4.79 Å². The number of nitriles is 1. The number of hydrogen-bond acceptors (Lipinski definition) is 3. The highest BCUT2D eigenvalue weighted by atomic mass is 16.2. The number of hydrogen-bond donors (Lipinski definition) is 1. The maximum absolute atomic E-state index is 12.2. The highest BCUT2D eigenvalue weighted by Crippen LogP contribution is 2.28. The van der Waals surface area contributed by atoms with Gasteiger partial charge in [-0.2, -0.15) is 5.26 Å². The minimum absolute atomic E-state index is 0.0747. The van der Waals surface area contributed by atoms with Crippen LogP contribution < -0.4 is 5.73 Å². The van der Waals surface area contributed by atoms with Crippen LogP contribution in [0.4, 0.5) is 5.69 Å². The van der Waals surface area contributed by atoms with Crippen molar-refractivity contribution in [3.63, 3.8) is 0 Å². The lowest BCUT2D eigenvalue weighted by molar-refractivity contribution is -0.131. The van der Waals surface area contributed by atoms with E-state index < -0.39 is 0 Å². The van der Waals surface area contributed by atoms with Crippen molar-refractivity contribution in [2.45, 2.75) is 31.7 Å². The first-order chi connectivity index (χ1) is 8.72. The first-order valence-corrected chi connectivity index (χ1v) is 6.22. The van der Waals surface area contributed by atoms with Crippen LogP contribution in [-0.4, -0.2) is 23.4 Å². The predicted molar refractivity (Wildman–Crippen MR) is 69.5 cm³/mol. The molecule has 0 aromatic heterocycles. The third-order valence-electron chi connectivity index (χ3n) is 3.17. The van der Waals surface area contributed by atoms with Gasteiger partial charge in [0.1, 0.15) is 0 Å². The maximum Gasteiger partial charge on any atom is 0.227 e. The molecule has 2 N–H and O–H groups in total. The summed E-state index contributed by atoms with van der Waals surface area (Å²) in [6.07, 6.45) is 2.84. The minimum atomic E-state index is 0.0747. The summed E-state index contributed by atoms with van der Waals surface area (Å²) in [6, 6.07) is 9.86. The molecular weight excluding hydrogens is 226 g/mol. The lowest BCUT2D eigenvalue weighted by atomic mass is 10.1. The lowest BCUT2D eigenvalue weighted by Gasteiger charge is -2.21. The van der Waals surface area contributed by atoms with E-state index in [4.69, 9.17) is 11.0 Å². The lowest BCUT2D eigenvalue weighted by Crippen LogP contribution is -2.35. The fraction of sp³-hybridized carbons (Fsp3) is 0.429. The van der Waals surface area contributed by atoms with Gasteiger partial charge in [0.05, 0.1) is 18.9 Å². The molecule has 1 aromatic carbocycles. The average Bonchev–Trinajstić information content (AvgIpc) is 3.17. The van der Waals surface area contributed by atoms with E-state index >= 15 is 0 Å². The van der Waals surface area contributed by atoms with E-state index in [2.05, 4.69) is 6.07 Å². The Morgan fingerprint density at radius 3 is 2.78 bits per heavy atom. The molecule has 1 aliphatic rings. The number of nitrogens with zero attached hydrogens (tertiary/aromatic N) is 2. The van der Waals surface area contributed by atoms with Crippen molar-refractivity contribution in [1.29, 1.82) is 5.26 Å². The van der Waals surface area contributed by atoms with Crippen LogP contribution in [0.25, 0.3) is 0 Å². The number of carbonyl (C=O) groups excluding carboxylic acids is 1. The number of para-hydroxylation sites is 1. The zero-order chi connectivity index (χ0) is 13.0. The van der Waals surface area contributed by atoms with Gasteiger partial charge < -0.3 is 10.6 Å². The highest BCUT2D eigenvalue weighted by molar-refractivity contribution is 5.81. The molecule has 0 heterocycles. The van der Waals surface area contributed by atoms with Crippen molar-refractivity contribution in [1.82, 2.24) is 4.90 Å². The Morgan fingerprint density at radius 2 is 2.17 bits per heavy atom. The summed E-state index contributed by atoms with van der Waals surface area (Å²) >= 11 is 0. The first kappa shape index (κ1) is 12.4. The average molecular weight is 243 g/mol. The summed E-state index contributed by atoms with van der Waals surface area (Å²) in [5.74, 6) is 0.0747. The van der Waals surface area contributed by atoms with Gasteiger partial charge in [-0.05, 0) is 24.5 Å². The molecule has 0 unspecified atom stereocenters. The number of amides is 1. The van der Waals surface area contributed by atoms with Crippen LogP contribution in [0.5, 0.6) is 0 Å². The van der Waals surface area contributed by atoms with Crippen molar-refractivity contribution >= 4 is 11.6 Å². The SMILES string of the molecule is N#CCCN(C(=O)Cc1ccccc1N)C1CC1. The summed E-state index contributed by atoms with van der Waals surface area (Å²) in [4.78, 5) is 14.0. The summed E-state index contributed by atoms with van der Waals surface area (Å²) in [5.41, 5.74) is 7.36. The Morgan fingerprint density at radius 1 is 1.44 bits per heavy atom. The Hall–Kier alpha value is -2.02. The number of rotatable bonds is 5. The van der Waals surface area contributed by atoms with Gasteiger partial charge >= 0.3 is 0 Å². The molecule has 0 saturated heterocycles. The van der Waals surface area contributed by atoms with Gasteiger partial charge in [-0.25, -0.2) is 0 Å². The van der Waals surface area contributed by atoms with Crippen molar-refractivity contribution in [3.05, 3.63) is 29.8 Å². The van der Waals surface area contributed by atoms with Crippen LogP contribution in [0, 0.1) is 11.3 Å². The number of benzene rings is 1. The van der Waals surface area contributed by atoms with E-state index in [1.165, 1.54) is 0 Å². The number of nitrogen functional groups attached to an aromatic ring is 1. The molecule has 1 amide bonds. The predicted octanol–water partition coefficient (Wildman–Crippen LogP) is 1.72. The van der Waals surface area contributed by atoms with Crippen LogP contribution >= 0.6 is 0 Å². The fourth-order valence-electron chi connectivity index (χ4n) is 2.03. The molecule has 1 aliphatic carbocycles. The number of anilines is 1. The Balaban J connectivity index is 2.01. The molecule has 0 atom stereocenters. The molecule has 2 rings (SSSR count). The molecule has 18 heavy (non-hydrogen) atoms. The zero-order valence-electron chi connectivity index (χ0n) is 10.3. The second kappa shape index (κ2) is 5.54. The third-order valence-corrected chi connectivity index (χ3v) is 3.17. The Labute approximate surface area is 107 Å². The molecule has 4 nitrogen and oxygen atoms in total. The molecule has 4 heteroatoms. The Bertz CT molecular complexity index is 474. The quantitative estimate of drug-likeness (QED) is 0.800. The van der Waals surface area contributed by atoms with E-state index in [1.807, 2.05) is 23.1 Å². The molecule has 0 radical (unpaired) electrons. The van der Waals surface area contributed by atoms with Gasteiger partial charge in [-0.1, -0.05) is 18.2 Å². The fourth-order valence-corrected chi connectivity index (χ4v) is 2.03. The topological polar surface area (TPSA) is 70.1 Å². The normalized spacial score (nSPS) is 13.9. The second-order valence-electron chi connectivity index (χ2n) is 4.60. The van der Waals surface area contributed by atoms with Gasteiger partial charge in [-0.3, -0.25) is 4.79 Å². The zero-order valence-corrected chi connectivity index (χ0v) is 10.3. The van der Waals surface area contributed by atoms with E-state index in [-0.39, 0.29) is 5.91 Å². The third kappa shape index (κ3) is 3.01. The smallest absolute Gasteiger partial charge is 0.227 e. The van der Waals surface area contributed by atoms with Crippen LogP contribution in [-0.2, 0) is 11.2 Å². The summed E-state index contributed by atoms with van der Waals surface area (Å²) in [7, 11) is 0. The monoisotopic (exact) mass is 243 g/mol. The number of carbonyl (C=O) groups is 1. The molecular formula is C14H17N3O. The highest BCUT2D eigenvalue weighted by Gasteiger charge is 2.32. The van der Waals surface area contributed by atoms with Gasteiger partial charge in [0, 0.05) is 18.3 Å². The van der Waals surface area contributed by atoms with Crippen LogP contribution in [0.1, 0.15) is 24.8 Å². The van der Waals surface area contributed by atoms with Gasteiger partial charge in [0.15, 0.2) is 0 Å². The molecule has 1 aromatic rings. The largest absolute Gasteiger partial charge is 0.398 e. The van der Waals surface area contributed by atoms with Gasteiger partial charge in [0.2, 0.25) is 5.91 Å². The van der Waals surface area contributed by atoms with Crippen LogP contribution in [0.3, 0.4) is 0 Å². The van der Waals surface area contributed by atoms with E-state index in [1.54, 1.807) is 6.07 Å². The summed E-state index contributed by atoms with van der Waals surface area (Å²) in [6.45, 7) is 0.534. The molecule has 1 saturated carbocycles. The van der Waals surface area contributed by atoms with Gasteiger partial charge in [-0.15, -0.1) is 0 Å². The number of nitrogens with two attached hydrogens (primary N) is 1. The Kier molecular flexibility index (Phi) is 3.83. The van der Waals surface area contributed by atoms with Crippen LogP contribution in [0.2, 0.25) is 0 Å². The molecule has 94 valence electrons. The molecule has 0 aliphatic heterocycles. The van der Waals surface area contributed by atoms with Crippen LogP contribution in [0.15, 0.2) is 24.3 Å². The van der Waals surface area contributed by atoms with E-state index in [0.717, 1.165) is 18.4 Å². The summed E-state index contributed by atoms with van der Waals surface area (Å²) < 4.78 is 0. The van der Waals surface area contributed by atoms with Crippen molar-refractivity contribution in [2.75, 3.05) is 12.3 Å². The summed E-state index contributed by atoms with van der Waals surface area (Å²) in [5, 5.41) is 8.62. The van der Waals surface area contributed by atoms with Gasteiger partial charge in [0.25, 0.3) is 0 Å². The molecule has 0 spiro atoms. The standard InChI is InChI=1S/C14H17N3O/c15-8-3-9-17(12-6-7-12)14(18)10-11-4-1-2-5-13(11)16/h1-2,4-5,12H,3,6-7,9-10,16H2. The first-order valence-electron chi connectivity index (χ1n) is 6.22. The van der Waals surface area contributed by atoms with Crippen molar-refractivity contribution in [3.8, 4) is 6.07 Å². The molecule has 1 fully saturated rings. The van der Waals surface area contributed by atoms with Crippen molar-refractivity contribution in [2.24, 2.45) is 0 Å².